The molecule has 0 saturated carbocycles. The van der Waals surface area contributed by atoms with Gasteiger partial charge in [-0.1, -0.05) is 34.1 Å². The normalized spacial score (nSPS) is 10.1. The van der Waals surface area contributed by atoms with Crippen molar-refractivity contribution < 1.29 is 9.53 Å². The highest BCUT2D eigenvalue weighted by atomic mass is 79.9. The van der Waals surface area contributed by atoms with Crippen LogP contribution in [0.15, 0.2) is 46.9 Å². The molecule has 0 heterocycles. The van der Waals surface area contributed by atoms with Crippen molar-refractivity contribution in [3.05, 3.63) is 58.1 Å². The molecule has 0 atom stereocenters. The lowest BCUT2D eigenvalue weighted by Crippen LogP contribution is -2.13. The molecule has 2 aromatic carbocycles. The number of aryl methyl sites for hydroxylation is 1. The monoisotopic (exact) mass is 319 g/mol. The van der Waals surface area contributed by atoms with Crippen molar-refractivity contribution in [1.82, 2.24) is 0 Å². The van der Waals surface area contributed by atoms with Gasteiger partial charge in [0.1, 0.15) is 5.75 Å². The molecule has 0 aromatic heterocycles. The molecule has 0 bridgehead atoms. The van der Waals surface area contributed by atoms with Gasteiger partial charge in [0.15, 0.2) is 0 Å². The zero-order valence-corrected chi connectivity index (χ0v) is 12.3. The number of carbonyl (C=O) groups excluding carboxylic acids is 1. The van der Waals surface area contributed by atoms with Crippen molar-refractivity contribution in [2.75, 3.05) is 12.4 Å². The third-order valence-electron chi connectivity index (χ3n) is 2.80. The van der Waals surface area contributed by atoms with Gasteiger partial charge in [-0.25, -0.2) is 0 Å². The largest absolute Gasteiger partial charge is 0.495 e. The van der Waals surface area contributed by atoms with Crippen molar-refractivity contribution in [3.8, 4) is 5.75 Å². The second-order valence-corrected chi connectivity index (χ2v) is 5.03. The first-order valence-electron chi connectivity index (χ1n) is 5.82. The zero-order chi connectivity index (χ0) is 13.8. The molecule has 0 unspecified atom stereocenters. The predicted molar refractivity (Wildman–Crippen MR) is 79.8 cm³/mol. The summed E-state index contributed by atoms with van der Waals surface area (Å²) in [6.45, 7) is 1.91. The number of hydrogen-bond acceptors (Lipinski definition) is 2. The van der Waals surface area contributed by atoms with E-state index in [1.165, 1.54) is 0 Å². The Kier molecular flexibility index (Phi) is 4.22. The highest BCUT2D eigenvalue weighted by molar-refractivity contribution is 9.10. The Balaban J connectivity index is 2.27. The quantitative estimate of drug-likeness (QED) is 0.928. The van der Waals surface area contributed by atoms with Gasteiger partial charge in [0.2, 0.25) is 0 Å². The summed E-state index contributed by atoms with van der Waals surface area (Å²) in [5.41, 5.74) is 2.25. The SMILES string of the molecule is COc1cc(Br)ccc1NC(=O)c1ccccc1C. The van der Waals surface area contributed by atoms with E-state index in [0.29, 0.717) is 17.0 Å². The first-order chi connectivity index (χ1) is 9.11. The van der Waals surface area contributed by atoms with Gasteiger partial charge >= 0.3 is 0 Å². The zero-order valence-electron chi connectivity index (χ0n) is 10.7. The lowest BCUT2D eigenvalue weighted by Gasteiger charge is -2.11. The molecular weight excluding hydrogens is 306 g/mol. The summed E-state index contributed by atoms with van der Waals surface area (Å²) >= 11 is 3.37. The second-order valence-electron chi connectivity index (χ2n) is 4.11. The summed E-state index contributed by atoms with van der Waals surface area (Å²) in [5.74, 6) is 0.482. The molecule has 0 fully saturated rings. The number of rotatable bonds is 3. The van der Waals surface area contributed by atoms with Crippen LogP contribution in [0.2, 0.25) is 0 Å². The number of anilines is 1. The van der Waals surface area contributed by atoms with Gasteiger partial charge in [0.25, 0.3) is 5.91 Å². The summed E-state index contributed by atoms with van der Waals surface area (Å²) in [5, 5.41) is 2.86. The van der Waals surface area contributed by atoms with E-state index in [4.69, 9.17) is 4.74 Å². The van der Waals surface area contributed by atoms with E-state index < -0.39 is 0 Å². The lowest BCUT2D eigenvalue weighted by atomic mass is 10.1. The maximum absolute atomic E-state index is 12.2. The van der Waals surface area contributed by atoms with Crippen molar-refractivity contribution in [2.45, 2.75) is 6.92 Å². The Labute approximate surface area is 120 Å². The molecule has 0 aliphatic rings. The average molecular weight is 320 g/mol. The lowest BCUT2D eigenvalue weighted by molar-refractivity contribution is 0.102. The Morgan fingerprint density at radius 3 is 2.63 bits per heavy atom. The van der Waals surface area contributed by atoms with Gasteiger partial charge < -0.3 is 10.1 Å². The molecule has 19 heavy (non-hydrogen) atoms. The van der Waals surface area contributed by atoms with Crippen LogP contribution in [0.5, 0.6) is 5.75 Å². The van der Waals surface area contributed by atoms with E-state index >= 15 is 0 Å². The average Bonchev–Trinajstić information content (AvgIpc) is 2.41. The highest BCUT2D eigenvalue weighted by Gasteiger charge is 2.11. The number of hydrogen-bond donors (Lipinski definition) is 1. The maximum Gasteiger partial charge on any atom is 0.256 e. The van der Waals surface area contributed by atoms with Crippen LogP contribution in [0.4, 0.5) is 5.69 Å². The molecule has 0 aliphatic carbocycles. The highest BCUT2D eigenvalue weighted by Crippen LogP contribution is 2.28. The Hall–Kier alpha value is -1.81. The topological polar surface area (TPSA) is 38.3 Å². The van der Waals surface area contributed by atoms with Crippen LogP contribution in [0.3, 0.4) is 0 Å². The molecule has 1 N–H and O–H groups in total. The number of nitrogens with one attached hydrogen (secondary N) is 1. The van der Waals surface area contributed by atoms with Gasteiger partial charge in [-0.15, -0.1) is 0 Å². The molecule has 0 saturated heterocycles. The van der Waals surface area contributed by atoms with E-state index in [2.05, 4.69) is 21.2 Å². The third-order valence-corrected chi connectivity index (χ3v) is 3.29. The van der Waals surface area contributed by atoms with Crippen molar-refractivity contribution in [2.24, 2.45) is 0 Å². The van der Waals surface area contributed by atoms with E-state index in [1.807, 2.05) is 37.3 Å². The fraction of sp³-hybridized carbons (Fsp3) is 0.133. The minimum absolute atomic E-state index is 0.140. The van der Waals surface area contributed by atoms with Crippen LogP contribution in [0.25, 0.3) is 0 Å². The van der Waals surface area contributed by atoms with Gasteiger partial charge in [-0.05, 0) is 36.8 Å². The molecule has 1 amide bonds. The summed E-state index contributed by atoms with van der Waals surface area (Å²) in [6.07, 6.45) is 0. The first kappa shape index (κ1) is 13.6. The molecule has 2 rings (SSSR count). The van der Waals surface area contributed by atoms with Gasteiger partial charge in [0, 0.05) is 10.0 Å². The summed E-state index contributed by atoms with van der Waals surface area (Å²) in [6, 6.07) is 12.9. The second kappa shape index (κ2) is 5.89. The maximum atomic E-state index is 12.2. The standard InChI is InChI=1S/C15H14BrNO2/c1-10-5-3-4-6-12(10)15(18)17-13-8-7-11(16)9-14(13)19-2/h3-9H,1-2H3,(H,17,18). The Bertz CT molecular complexity index is 611. The molecule has 2 aromatic rings. The number of benzene rings is 2. The van der Waals surface area contributed by atoms with E-state index in [9.17, 15) is 4.79 Å². The van der Waals surface area contributed by atoms with Gasteiger partial charge in [0.05, 0.1) is 12.8 Å². The molecule has 98 valence electrons. The van der Waals surface area contributed by atoms with Crippen LogP contribution in [0, 0.1) is 6.92 Å². The van der Waals surface area contributed by atoms with Crippen LogP contribution in [0.1, 0.15) is 15.9 Å². The first-order valence-corrected chi connectivity index (χ1v) is 6.61. The number of methoxy groups -OCH3 is 1. The van der Waals surface area contributed by atoms with Gasteiger partial charge in [-0.3, -0.25) is 4.79 Å². The van der Waals surface area contributed by atoms with E-state index in [1.54, 1.807) is 19.2 Å². The number of amides is 1. The molecule has 0 aliphatic heterocycles. The Morgan fingerprint density at radius 1 is 1.21 bits per heavy atom. The van der Waals surface area contributed by atoms with Crippen LogP contribution < -0.4 is 10.1 Å². The van der Waals surface area contributed by atoms with Crippen LogP contribution >= 0.6 is 15.9 Å². The van der Waals surface area contributed by atoms with Crippen LogP contribution in [-0.4, -0.2) is 13.0 Å². The Morgan fingerprint density at radius 2 is 1.95 bits per heavy atom. The summed E-state index contributed by atoms with van der Waals surface area (Å²) in [4.78, 5) is 12.2. The van der Waals surface area contributed by atoms with E-state index in [0.717, 1.165) is 10.0 Å². The fourth-order valence-corrected chi connectivity index (χ4v) is 2.13. The predicted octanol–water partition coefficient (Wildman–Crippen LogP) is 4.02. The smallest absolute Gasteiger partial charge is 0.256 e. The molecule has 4 heteroatoms. The minimum Gasteiger partial charge on any atom is -0.495 e. The number of carbonyl (C=O) groups is 1. The third kappa shape index (κ3) is 3.15. The molecule has 0 radical (unpaired) electrons. The number of ether oxygens (including phenoxy) is 1. The molecular formula is C15H14BrNO2. The fourth-order valence-electron chi connectivity index (χ4n) is 1.79. The van der Waals surface area contributed by atoms with Crippen molar-refractivity contribution >= 4 is 27.5 Å². The summed E-state index contributed by atoms with van der Waals surface area (Å²) < 4.78 is 6.15. The van der Waals surface area contributed by atoms with Crippen LogP contribution in [-0.2, 0) is 0 Å². The molecule has 3 nitrogen and oxygen atoms in total. The molecule has 0 spiro atoms. The van der Waals surface area contributed by atoms with Crippen molar-refractivity contribution in [1.29, 1.82) is 0 Å². The van der Waals surface area contributed by atoms with Gasteiger partial charge in [-0.2, -0.15) is 0 Å². The minimum atomic E-state index is -0.140. The number of halogens is 1. The van der Waals surface area contributed by atoms with Crippen molar-refractivity contribution in [3.63, 3.8) is 0 Å². The summed E-state index contributed by atoms with van der Waals surface area (Å²) in [7, 11) is 1.57. The van der Waals surface area contributed by atoms with E-state index in [-0.39, 0.29) is 5.91 Å².